The maximum atomic E-state index is 12.7. The van der Waals surface area contributed by atoms with E-state index in [-0.39, 0.29) is 11.8 Å². The summed E-state index contributed by atoms with van der Waals surface area (Å²) in [7, 11) is 0. The Balaban J connectivity index is 1.40. The molecule has 4 nitrogen and oxygen atoms in total. The number of nitrogens with zero attached hydrogens (tertiary/aromatic N) is 2. The van der Waals surface area contributed by atoms with Crippen molar-refractivity contribution in [2.45, 2.75) is 57.1 Å². The topological polar surface area (TPSA) is 46.9 Å². The summed E-state index contributed by atoms with van der Waals surface area (Å²) in [5, 5.41) is 4.22. The van der Waals surface area contributed by atoms with Gasteiger partial charge in [-0.25, -0.2) is 4.98 Å². The number of hydrogen-bond acceptors (Lipinski definition) is 3. The minimum atomic E-state index is -0.0788. The summed E-state index contributed by atoms with van der Waals surface area (Å²) in [6.45, 7) is 5.92. The largest absolute Gasteiger partial charge is 0.356 e. The molecule has 0 radical (unpaired) electrons. The van der Waals surface area contributed by atoms with Gasteiger partial charge < -0.3 is 9.88 Å². The molecule has 192 valence electrons. The summed E-state index contributed by atoms with van der Waals surface area (Å²) in [4.78, 5) is 17.9. The van der Waals surface area contributed by atoms with Crippen molar-refractivity contribution in [2.24, 2.45) is 0 Å². The first-order valence-electron chi connectivity index (χ1n) is 13.4. The van der Waals surface area contributed by atoms with E-state index >= 15 is 0 Å². The Kier molecular flexibility index (Phi) is 10.0. The van der Waals surface area contributed by atoms with Crippen molar-refractivity contribution in [2.75, 3.05) is 12.3 Å². The fourth-order valence-electron chi connectivity index (χ4n) is 4.64. The van der Waals surface area contributed by atoms with E-state index in [0.717, 1.165) is 60.0 Å². The van der Waals surface area contributed by atoms with Gasteiger partial charge in [0.2, 0.25) is 5.91 Å². The van der Waals surface area contributed by atoms with Crippen LogP contribution in [0.1, 0.15) is 51.0 Å². The zero-order chi connectivity index (χ0) is 25.9. The maximum absolute atomic E-state index is 12.7. The van der Waals surface area contributed by atoms with E-state index in [1.165, 1.54) is 11.3 Å². The van der Waals surface area contributed by atoms with Crippen molar-refractivity contribution < 1.29 is 4.79 Å². The summed E-state index contributed by atoms with van der Waals surface area (Å²) in [5.74, 6) is 1.01. The monoisotopic (exact) mass is 511 g/mol. The molecule has 0 aliphatic carbocycles. The molecule has 0 aliphatic rings. The lowest BCUT2D eigenvalue weighted by Gasteiger charge is -2.15. The molecule has 0 fully saturated rings. The van der Waals surface area contributed by atoms with Crippen molar-refractivity contribution in [1.29, 1.82) is 0 Å². The molecule has 1 unspecified atom stereocenters. The van der Waals surface area contributed by atoms with Gasteiger partial charge in [0.1, 0.15) is 0 Å². The first kappa shape index (κ1) is 26.7. The minimum Gasteiger partial charge on any atom is -0.356 e. The van der Waals surface area contributed by atoms with Crippen LogP contribution in [0.3, 0.4) is 0 Å². The Morgan fingerprint density at radius 2 is 1.49 bits per heavy atom. The predicted molar refractivity (Wildman–Crippen MR) is 156 cm³/mol. The number of thioether (sulfide) groups is 1. The molecule has 0 bridgehead atoms. The van der Waals surface area contributed by atoms with Gasteiger partial charge in [0, 0.05) is 30.0 Å². The number of nitrogens with one attached hydrogen (secondary N) is 1. The molecule has 0 saturated carbocycles. The second-order valence-corrected chi connectivity index (χ2v) is 10.3. The van der Waals surface area contributed by atoms with Crippen LogP contribution < -0.4 is 5.32 Å². The molecule has 37 heavy (non-hydrogen) atoms. The highest BCUT2D eigenvalue weighted by Crippen LogP contribution is 2.36. The Bertz CT molecular complexity index is 1240. The zero-order valence-electron chi connectivity index (χ0n) is 21.9. The molecular formula is C32H37N3OS. The highest BCUT2D eigenvalue weighted by molar-refractivity contribution is 7.99. The molecule has 0 spiro atoms. The summed E-state index contributed by atoms with van der Waals surface area (Å²) >= 11 is 1.82. The first-order chi connectivity index (χ1) is 18.2. The fourth-order valence-corrected chi connectivity index (χ4v) is 5.67. The number of hydrogen-bond donors (Lipinski definition) is 1. The molecule has 4 rings (SSSR count). The number of amides is 1. The summed E-state index contributed by atoms with van der Waals surface area (Å²) < 4.78 is 2.38. The van der Waals surface area contributed by atoms with Crippen LogP contribution in [0.25, 0.3) is 22.5 Å². The standard InChI is InChI=1S/C32H37N3OS/c1-3-23-35-30(27-20-12-7-13-21-27)29(26-18-10-6-11-19-26)34-32(35)37-24-15-14-22-33-31(36)28(4-2)25-16-8-5-9-17-25/h5-13,16-21,28H,3-4,14-15,22-24H2,1-2H3,(H,33,36). The highest BCUT2D eigenvalue weighted by atomic mass is 32.2. The minimum absolute atomic E-state index is 0.0788. The molecule has 0 aliphatic heterocycles. The van der Waals surface area contributed by atoms with E-state index in [2.05, 4.69) is 78.3 Å². The van der Waals surface area contributed by atoms with E-state index in [4.69, 9.17) is 4.98 Å². The second-order valence-electron chi connectivity index (χ2n) is 9.19. The van der Waals surface area contributed by atoms with Crippen molar-refractivity contribution in [1.82, 2.24) is 14.9 Å². The Labute approximate surface area is 225 Å². The van der Waals surface area contributed by atoms with Gasteiger partial charge in [-0.05, 0) is 31.2 Å². The lowest BCUT2D eigenvalue weighted by molar-refractivity contribution is -0.122. The molecule has 1 amide bonds. The predicted octanol–water partition coefficient (Wildman–Crippen LogP) is 7.81. The smallest absolute Gasteiger partial charge is 0.227 e. The van der Waals surface area contributed by atoms with Gasteiger partial charge in [-0.1, -0.05) is 117 Å². The molecule has 1 atom stereocenters. The molecule has 1 heterocycles. The van der Waals surface area contributed by atoms with Crippen molar-refractivity contribution in [3.8, 4) is 22.5 Å². The van der Waals surface area contributed by atoms with Crippen LogP contribution in [0.2, 0.25) is 0 Å². The number of carbonyl (C=O) groups excluding carboxylic acids is 1. The van der Waals surface area contributed by atoms with Crippen LogP contribution in [0.5, 0.6) is 0 Å². The fraction of sp³-hybridized carbons (Fsp3) is 0.312. The number of benzene rings is 3. The number of carbonyl (C=O) groups is 1. The second kappa shape index (κ2) is 13.8. The van der Waals surface area contributed by atoms with Crippen LogP contribution in [0, 0.1) is 0 Å². The summed E-state index contributed by atoms with van der Waals surface area (Å²) in [6.07, 6.45) is 3.83. The normalized spacial score (nSPS) is 11.8. The van der Waals surface area contributed by atoms with Crippen LogP contribution in [0.15, 0.2) is 96.2 Å². The molecule has 0 saturated heterocycles. The lowest BCUT2D eigenvalue weighted by Crippen LogP contribution is -2.30. The SMILES string of the molecule is CCCn1c(SCCCCNC(=O)C(CC)c2ccccc2)nc(-c2ccccc2)c1-c1ccccc1. The third-order valence-corrected chi connectivity index (χ3v) is 7.57. The van der Waals surface area contributed by atoms with Crippen LogP contribution in [-0.4, -0.2) is 27.8 Å². The Hall–Kier alpha value is -3.31. The average molecular weight is 512 g/mol. The number of aromatic nitrogens is 2. The number of rotatable bonds is 13. The van der Waals surface area contributed by atoms with Crippen LogP contribution in [-0.2, 0) is 11.3 Å². The zero-order valence-corrected chi connectivity index (χ0v) is 22.7. The average Bonchev–Trinajstić information content (AvgIpc) is 3.31. The number of unbranched alkanes of at least 4 members (excludes halogenated alkanes) is 1. The van der Waals surface area contributed by atoms with Crippen molar-refractivity contribution in [3.63, 3.8) is 0 Å². The van der Waals surface area contributed by atoms with E-state index < -0.39 is 0 Å². The molecule has 3 aromatic carbocycles. The summed E-state index contributed by atoms with van der Waals surface area (Å²) in [6, 6.07) is 31.1. The van der Waals surface area contributed by atoms with E-state index in [1.54, 1.807) is 0 Å². The van der Waals surface area contributed by atoms with Crippen molar-refractivity contribution >= 4 is 17.7 Å². The van der Waals surface area contributed by atoms with Gasteiger partial charge in [0.15, 0.2) is 5.16 Å². The van der Waals surface area contributed by atoms with Gasteiger partial charge in [0.25, 0.3) is 0 Å². The lowest BCUT2D eigenvalue weighted by atomic mass is 9.96. The van der Waals surface area contributed by atoms with Gasteiger partial charge in [-0.2, -0.15) is 0 Å². The molecule has 1 aromatic heterocycles. The molecule has 1 N–H and O–H groups in total. The van der Waals surface area contributed by atoms with E-state index in [1.807, 2.05) is 48.2 Å². The van der Waals surface area contributed by atoms with Gasteiger partial charge in [-0.15, -0.1) is 0 Å². The van der Waals surface area contributed by atoms with Gasteiger partial charge in [-0.3, -0.25) is 4.79 Å². The molecular weight excluding hydrogens is 474 g/mol. The number of imidazole rings is 1. The quantitative estimate of drug-likeness (QED) is 0.147. The summed E-state index contributed by atoms with van der Waals surface area (Å²) in [5.41, 5.74) is 5.66. The Morgan fingerprint density at radius 3 is 2.11 bits per heavy atom. The van der Waals surface area contributed by atoms with Crippen LogP contribution >= 0.6 is 11.8 Å². The molecule has 5 heteroatoms. The maximum Gasteiger partial charge on any atom is 0.227 e. The Morgan fingerprint density at radius 1 is 0.865 bits per heavy atom. The third kappa shape index (κ3) is 6.92. The first-order valence-corrected chi connectivity index (χ1v) is 14.4. The van der Waals surface area contributed by atoms with Gasteiger partial charge in [0.05, 0.1) is 17.3 Å². The van der Waals surface area contributed by atoms with Crippen LogP contribution in [0.4, 0.5) is 0 Å². The van der Waals surface area contributed by atoms with Gasteiger partial charge >= 0.3 is 0 Å². The van der Waals surface area contributed by atoms with E-state index in [0.29, 0.717) is 6.54 Å². The van der Waals surface area contributed by atoms with E-state index in [9.17, 15) is 4.79 Å². The highest BCUT2D eigenvalue weighted by Gasteiger charge is 2.20. The van der Waals surface area contributed by atoms with Crippen molar-refractivity contribution in [3.05, 3.63) is 96.6 Å². The molecule has 4 aromatic rings. The third-order valence-electron chi connectivity index (χ3n) is 6.50.